The average molecular weight is 182 g/mol. The van der Waals surface area contributed by atoms with Crippen molar-refractivity contribution in [1.29, 1.82) is 0 Å². The summed E-state index contributed by atoms with van der Waals surface area (Å²) in [4.78, 5) is 21.0. The summed E-state index contributed by atoms with van der Waals surface area (Å²) in [5.74, 6) is -1.39. The van der Waals surface area contributed by atoms with E-state index in [4.69, 9.17) is 5.11 Å². The van der Waals surface area contributed by atoms with E-state index in [-0.39, 0.29) is 41.4 Å². The molecule has 0 fully saturated rings. The van der Waals surface area contributed by atoms with Crippen LogP contribution in [0.15, 0.2) is 0 Å². The van der Waals surface area contributed by atoms with E-state index in [2.05, 4.69) is 5.32 Å². The Hall–Kier alpha value is -0.0600. The van der Waals surface area contributed by atoms with Gasteiger partial charge in [-0.3, -0.25) is 4.79 Å². The number of nitrogens with one attached hydrogen (secondary N) is 1. The second kappa shape index (κ2) is 6.46. The van der Waals surface area contributed by atoms with Gasteiger partial charge in [-0.1, -0.05) is 13.8 Å². The normalized spacial score (nSPS) is 11.7. The van der Waals surface area contributed by atoms with Gasteiger partial charge in [0.1, 0.15) is 6.04 Å². The van der Waals surface area contributed by atoms with Crippen molar-refractivity contribution in [2.75, 3.05) is 0 Å². The second-order valence-electron chi connectivity index (χ2n) is 2.76. The summed E-state index contributed by atoms with van der Waals surface area (Å²) >= 11 is 0. The maximum absolute atomic E-state index is 10.5. The smallest absolute Gasteiger partial charge is 0.326 e. The van der Waals surface area contributed by atoms with Gasteiger partial charge in [-0.2, -0.15) is 0 Å². The molecular weight excluding hydrogens is 169 g/mol. The van der Waals surface area contributed by atoms with Gasteiger partial charge in [0, 0.05) is 36.5 Å². The van der Waals surface area contributed by atoms with Gasteiger partial charge in [-0.05, 0) is 5.92 Å². The maximum Gasteiger partial charge on any atom is 0.326 e. The molecule has 0 aliphatic rings. The van der Waals surface area contributed by atoms with Gasteiger partial charge in [-0.15, -0.1) is 0 Å². The van der Waals surface area contributed by atoms with Gasteiger partial charge < -0.3 is 10.4 Å². The first-order valence-electron chi connectivity index (χ1n) is 3.45. The minimum atomic E-state index is -0.991. The minimum Gasteiger partial charge on any atom is -0.480 e. The number of hydrogen-bond acceptors (Lipinski definition) is 2. The molecule has 0 aliphatic carbocycles. The quantitative estimate of drug-likeness (QED) is 0.596. The number of carbonyl (C=O) groups is 2. The summed E-state index contributed by atoms with van der Waals surface area (Å²) < 4.78 is 0. The van der Waals surface area contributed by atoms with Crippen LogP contribution in [0.2, 0.25) is 0 Å². The van der Waals surface area contributed by atoms with Crippen molar-refractivity contribution in [3.8, 4) is 0 Å². The van der Waals surface area contributed by atoms with Gasteiger partial charge in [0.25, 0.3) is 0 Å². The van der Waals surface area contributed by atoms with Crippen molar-refractivity contribution in [2.45, 2.75) is 26.8 Å². The molecule has 0 aromatic heterocycles. The molecular formula is C7H13NNaO3. The molecule has 1 radical (unpaired) electrons. The van der Waals surface area contributed by atoms with E-state index in [0.29, 0.717) is 0 Å². The molecule has 0 aromatic rings. The third kappa shape index (κ3) is 5.57. The van der Waals surface area contributed by atoms with Gasteiger partial charge in [-0.25, -0.2) is 4.79 Å². The number of rotatable bonds is 3. The fourth-order valence-corrected chi connectivity index (χ4v) is 0.733. The van der Waals surface area contributed by atoms with Crippen molar-refractivity contribution < 1.29 is 14.7 Å². The number of carboxylic acid groups (broad SMARTS) is 1. The summed E-state index contributed by atoms with van der Waals surface area (Å²) in [6.07, 6.45) is 0. The van der Waals surface area contributed by atoms with E-state index < -0.39 is 12.0 Å². The summed E-state index contributed by atoms with van der Waals surface area (Å²) in [6.45, 7) is 4.79. The Balaban J connectivity index is 0. The molecule has 65 valence electrons. The Labute approximate surface area is 94.0 Å². The number of carboxylic acids is 1. The van der Waals surface area contributed by atoms with E-state index in [0.717, 1.165) is 0 Å². The monoisotopic (exact) mass is 182 g/mol. The van der Waals surface area contributed by atoms with Crippen LogP contribution in [0, 0.1) is 5.92 Å². The van der Waals surface area contributed by atoms with E-state index in [1.807, 2.05) is 0 Å². The summed E-state index contributed by atoms with van der Waals surface area (Å²) in [5.41, 5.74) is 0. The SMILES string of the molecule is CC(=O)N[C@H](C(=O)O)C(C)C.[Na]. The van der Waals surface area contributed by atoms with Gasteiger partial charge in [0.15, 0.2) is 0 Å². The van der Waals surface area contributed by atoms with Crippen LogP contribution in [0.5, 0.6) is 0 Å². The first kappa shape index (κ1) is 14.5. The van der Waals surface area contributed by atoms with Crippen LogP contribution in [0.4, 0.5) is 0 Å². The van der Waals surface area contributed by atoms with E-state index in [9.17, 15) is 9.59 Å². The summed E-state index contributed by atoms with van der Waals surface area (Å²) in [6, 6.07) is -0.771. The zero-order valence-electron chi connectivity index (χ0n) is 7.92. The van der Waals surface area contributed by atoms with E-state index in [1.165, 1.54) is 6.92 Å². The van der Waals surface area contributed by atoms with Crippen molar-refractivity contribution in [3.05, 3.63) is 0 Å². The van der Waals surface area contributed by atoms with E-state index >= 15 is 0 Å². The van der Waals surface area contributed by atoms with Gasteiger partial charge >= 0.3 is 5.97 Å². The Kier molecular flexibility index (Phi) is 7.78. The fraction of sp³-hybridized carbons (Fsp3) is 0.714. The molecule has 0 aliphatic heterocycles. The van der Waals surface area contributed by atoms with Gasteiger partial charge in [0.2, 0.25) is 5.91 Å². The van der Waals surface area contributed by atoms with Crippen molar-refractivity contribution in [2.24, 2.45) is 5.92 Å². The van der Waals surface area contributed by atoms with Crippen molar-refractivity contribution in [1.82, 2.24) is 5.32 Å². The predicted molar refractivity (Wildman–Crippen MR) is 45.8 cm³/mol. The van der Waals surface area contributed by atoms with Crippen LogP contribution in [0.25, 0.3) is 0 Å². The fourth-order valence-electron chi connectivity index (χ4n) is 0.733. The van der Waals surface area contributed by atoms with Crippen LogP contribution in [0.3, 0.4) is 0 Å². The standard InChI is InChI=1S/C7H13NO3.Na/c1-4(2)6(7(10)11)8-5(3)9;/h4,6H,1-3H3,(H,8,9)(H,10,11);/t6-;/m0./s1. The molecule has 1 amide bonds. The molecule has 0 saturated carbocycles. The molecule has 0 rings (SSSR count). The van der Waals surface area contributed by atoms with Crippen LogP contribution in [0.1, 0.15) is 20.8 Å². The van der Waals surface area contributed by atoms with E-state index in [1.54, 1.807) is 13.8 Å². The van der Waals surface area contributed by atoms with Crippen LogP contribution in [-0.4, -0.2) is 52.6 Å². The third-order valence-corrected chi connectivity index (χ3v) is 1.29. The third-order valence-electron chi connectivity index (χ3n) is 1.29. The number of aliphatic carboxylic acids is 1. The Bertz CT molecular complexity index is 170. The molecule has 12 heavy (non-hydrogen) atoms. The van der Waals surface area contributed by atoms with Crippen LogP contribution < -0.4 is 5.32 Å². The molecule has 5 heteroatoms. The Morgan fingerprint density at radius 3 is 1.83 bits per heavy atom. The van der Waals surface area contributed by atoms with Crippen LogP contribution >= 0.6 is 0 Å². The van der Waals surface area contributed by atoms with Gasteiger partial charge in [0.05, 0.1) is 0 Å². The first-order valence-corrected chi connectivity index (χ1v) is 3.45. The summed E-state index contributed by atoms with van der Waals surface area (Å²) in [5, 5.41) is 10.9. The minimum absolute atomic E-state index is 0. The predicted octanol–water partition coefficient (Wildman–Crippen LogP) is -0.149. The number of hydrogen-bond donors (Lipinski definition) is 2. The zero-order valence-corrected chi connectivity index (χ0v) is 9.92. The van der Waals surface area contributed by atoms with Crippen molar-refractivity contribution in [3.63, 3.8) is 0 Å². The maximum atomic E-state index is 10.5. The largest absolute Gasteiger partial charge is 0.480 e. The molecule has 0 aromatic carbocycles. The Morgan fingerprint density at radius 2 is 1.75 bits per heavy atom. The number of amides is 1. The molecule has 0 bridgehead atoms. The first-order chi connectivity index (χ1) is 4.95. The molecule has 0 unspecified atom stereocenters. The van der Waals surface area contributed by atoms with Crippen LogP contribution in [-0.2, 0) is 9.59 Å². The second-order valence-corrected chi connectivity index (χ2v) is 2.76. The molecule has 1 atom stereocenters. The Morgan fingerprint density at radius 1 is 1.33 bits per heavy atom. The van der Waals surface area contributed by atoms with Crippen molar-refractivity contribution >= 4 is 41.4 Å². The number of carbonyl (C=O) groups excluding carboxylic acids is 1. The molecule has 0 saturated heterocycles. The molecule has 0 spiro atoms. The average Bonchev–Trinajstić information content (AvgIpc) is 1.81. The molecule has 4 nitrogen and oxygen atoms in total. The summed E-state index contributed by atoms with van der Waals surface area (Å²) in [7, 11) is 0. The topological polar surface area (TPSA) is 66.4 Å². The molecule has 0 heterocycles. The zero-order chi connectivity index (χ0) is 9.02. The molecule has 2 N–H and O–H groups in total.